The number of rotatable bonds is 3. The number of hydrogen-bond acceptors (Lipinski definition) is 4. The second kappa shape index (κ2) is 12.2. The van der Waals surface area contributed by atoms with Gasteiger partial charge in [0.25, 0.3) is 0 Å². The molecule has 0 fully saturated rings. The van der Waals surface area contributed by atoms with Crippen molar-refractivity contribution in [3.63, 3.8) is 0 Å². The van der Waals surface area contributed by atoms with Gasteiger partial charge in [0, 0.05) is 45.6 Å². The maximum Gasteiger partial charge on any atom is 0.161 e. The molecule has 0 saturated heterocycles. The zero-order valence-corrected chi connectivity index (χ0v) is 26.5. The quantitative estimate of drug-likeness (QED) is 0.196. The first-order valence-electron chi connectivity index (χ1n) is 16.3. The Labute approximate surface area is 284 Å². The molecule has 1 aliphatic rings. The number of nitrogens with zero attached hydrogens (tertiary/aromatic N) is 3. The van der Waals surface area contributed by atoms with Crippen molar-refractivity contribution in [1.82, 2.24) is 15.0 Å². The summed E-state index contributed by atoms with van der Waals surface area (Å²) in [6.07, 6.45) is 7.99. The highest BCUT2D eigenvalue weighted by Gasteiger charge is 2.20. The van der Waals surface area contributed by atoms with Crippen molar-refractivity contribution in [3.05, 3.63) is 175 Å². The van der Waals surface area contributed by atoms with Crippen molar-refractivity contribution in [1.29, 1.82) is 0 Å². The van der Waals surface area contributed by atoms with Crippen LogP contribution in [0.25, 0.3) is 79.1 Å². The second-order valence-electron chi connectivity index (χ2n) is 12.1. The highest BCUT2D eigenvalue weighted by atomic mass is 16.5. The molecule has 4 heteroatoms. The third kappa shape index (κ3) is 5.35. The first-order valence-corrected chi connectivity index (χ1v) is 16.3. The monoisotopic (exact) mass is 627 g/mol. The van der Waals surface area contributed by atoms with Crippen LogP contribution in [-0.4, -0.2) is 15.0 Å². The lowest BCUT2D eigenvalue weighted by molar-refractivity contribution is 0.492. The van der Waals surface area contributed by atoms with Crippen molar-refractivity contribution in [2.75, 3.05) is 0 Å². The molecule has 49 heavy (non-hydrogen) atoms. The SMILES string of the molecule is C1=C\c2ccc(-c3cc(-c4ccccc4)nc(-c4cccnc4)n3)cc2-c2ccc3ccccc3c2Oc2ccccc2-c2ccccc2/1. The van der Waals surface area contributed by atoms with E-state index in [1.807, 2.05) is 42.6 Å². The Balaban J connectivity index is 1.30. The van der Waals surface area contributed by atoms with E-state index in [0.29, 0.717) is 5.82 Å². The minimum absolute atomic E-state index is 0.629. The lowest BCUT2D eigenvalue weighted by Gasteiger charge is -2.18. The van der Waals surface area contributed by atoms with Crippen LogP contribution >= 0.6 is 0 Å². The van der Waals surface area contributed by atoms with Gasteiger partial charge in [-0.05, 0) is 64.0 Å². The van der Waals surface area contributed by atoms with Crippen LogP contribution in [-0.2, 0) is 0 Å². The topological polar surface area (TPSA) is 47.9 Å². The molecule has 0 spiro atoms. The zero-order chi connectivity index (χ0) is 32.6. The van der Waals surface area contributed by atoms with Crippen molar-refractivity contribution < 1.29 is 4.74 Å². The fraction of sp³-hybridized carbons (Fsp3) is 0. The predicted octanol–water partition coefficient (Wildman–Crippen LogP) is 11.6. The van der Waals surface area contributed by atoms with E-state index < -0.39 is 0 Å². The average Bonchev–Trinajstić information content (AvgIpc) is 3.20. The molecule has 0 radical (unpaired) electrons. The molecule has 3 heterocycles. The first-order chi connectivity index (χ1) is 24.3. The van der Waals surface area contributed by atoms with Gasteiger partial charge in [0.15, 0.2) is 5.82 Å². The molecule has 0 unspecified atom stereocenters. The van der Waals surface area contributed by atoms with Crippen LogP contribution in [0.5, 0.6) is 11.5 Å². The molecular formula is C45H29N3O. The summed E-state index contributed by atoms with van der Waals surface area (Å²) >= 11 is 0. The Bertz CT molecular complexity index is 2470. The summed E-state index contributed by atoms with van der Waals surface area (Å²) in [5.74, 6) is 2.26. The predicted molar refractivity (Wildman–Crippen MR) is 200 cm³/mol. The lowest BCUT2D eigenvalue weighted by Crippen LogP contribution is -1.97. The van der Waals surface area contributed by atoms with E-state index in [0.717, 1.165) is 83.7 Å². The fourth-order valence-electron chi connectivity index (χ4n) is 6.59. The van der Waals surface area contributed by atoms with Gasteiger partial charge in [0.05, 0.1) is 11.4 Å². The lowest BCUT2D eigenvalue weighted by atomic mass is 9.92. The smallest absolute Gasteiger partial charge is 0.161 e. The van der Waals surface area contributed by atoms with E-state index in [-0.39, 0.29) is 0 Å². The van der Waals surface area contributed by atoms with Gasteiger partial charge in [0.1, 0.15) is 11.5 Å². The molecule has 8 aromatic rings. The third-order valence-electron chi connectivity index (χ3n) is 9.03. The Kier molecular flexibility index (Phi) is 7.10. The maximum absolute atomic E-state index is 7.04. The van der Waals surface area contributed by atoms with Crippen LogP contribution in [0, 0.1) is 0 Å². The molecule has 0 amide bonds. The maximum atomic E-state index is 7.04. The minimum atomic E-state index is 0.629. The molecule has 0 N–H and O–H groups in total. The van der Waals surface area contributed by atoms with Crippen LogP contribution in [0.3, 0.4) is 0 Å². The number of para-hydroxylation sites is 1. The Morgan fingerprint density at radius 1 is 0.449 bits per heavy atom. The van der Waals surface area contributed by atoms with E-state index in [1.54, 1.807) is 6.20 Å². The van der Waals surface area contributed by atoms with E-state index in [9.17, 15) is 0 Å². The molecule has 4 nitrogen and oxygen atoms in total. The van der Waals surface area contributed by atoms with Crippen LogP contribution in [0.1, 0.15) is 11.1 Å². The van der Waals surface area contributed by atoms with Crippen LogP contribution in [0.4, 0.5) is 0 Å². The van der Waals surface area contributed by atoms with Gasteiger partial charge < -0.3 is 4.74 Å². The summed E-state index contributed by atoms with van der Waals surface area (Å²) in [7, 11) is 0. The summed E-state index contributed by atoms with van der Waals surface area (Å²) in [5.41, 5.74) is 11.0. The van der Waals surface area contributed by atoms with Gasteiger partial charge in [-0.1, -0.05) is 127 Å². The standard InChI is InChI=1S/C45H29N3O/c1-2-13-33(14-3-1)41-28-42(48-45(47-41)35-15-10-26-46-29-35)34-23-22-32-21-20-30-11-4-6-16-36(30)38-18-8-9-19-43(38)49-44-37-17-7-5-12-31(37)24-25-39(44)40(32)27-34/h1-29H/b21-20-. The molecule has 2 aromatic heterocycles. The normalized spacial score (nSPS) is 12.4. The summed E-state index contributed by atoms with van der Waals surface area (Å²) < 4.78 is 7.04. The summed E-state index contributed by atoms with van der Waals surface area (Å²) in [6, 6.07) is 52.3. The van der Waals surface area contributed by atoms with E-state index in [2.05, 4.69) is 132 Å². The summed E-state index contributed by atoms with van der Waals surface area (Å²) in [6.45, 7) is 0. The molecule has 230 valence electrons. The molecule has 9 rings (SSSR count). The van der Waals surface area contributed by atoms with Gasteiger partial charge in [0.2, 0.25) is 0 Å². The molecule has 6 aromatic carbocycles. The minimum Gasteiger partial charge on any atom is -0.455 e. The number of pyridine rings is 1. The Morgan fingerprint density at radius 3 is 2.02 bits per heavy atom. The molecule has 0 atom stereocenters. The highest BCUT2D eigenvalue weighted by Crippen LogP contribution is 2.45. The number of benzene rings is 6. The average molecular weight is 628 g/mol. The van der Waals surface area contributed by atoms with Crippen molar-refractivity contribution in [3.8, 4) is 67.7 Å². The summed E-state index contributed by atoms with van der Waals surface area (Å²) in [5, 5.41) is 2.17. The van der Waals surface area contributed by atoms with Gasteiger partial charge in [-0.3, -0.25) is 4.98 Å². The van der Waals surface area contributed by atoms with Gasteiger partial charge in [-0.25, -0.2) is 9.97 Å². The first kappa shape index (κ1) is 28.6. The van der Waals surface area contributed by atoms with Crippen LogP contribution in [0.2, 0.25) is 0 Å². The Morgan fingerprint density at radius 2 is 1.16 bits per heavy atom. The largest absolute Gasteiger partial charge is 0.455 e. The fourth-order valence-corrected chi connectivity index (χ4v) is 6.59. The van der Waals surface area contributed by atoms with Crippen molar-refractivity contribution in [2.45, 2.75) is 0 Å². The van der Waals surface area contributed by atoms with Crippen molar-refractivity contribution >= 4 is 22.9 Å². The highest BCUT2D eigenvalue weighted by molar-refractivity contribution is 5.99. The van der Waals surface area contributed by atoms with Gasteiger partial charge >= 0.3 is 0 Å². The van der Waals surface area contributed by atoms with Gasteiger partial charge in [-0.15, -0.1) is 0 Å². The van der Waals surface area contributed by atoms with E-state index >= 15 is 0 Å². The van der Waals surface area contributed by atoms with Gasteiger partial charge in [-0.2, -0.15) is 0 Å². The summed E-state index contributed by atoms with van der Waals surface area (Å²) in [4.78, 5) is 14.4. The molecule has 0 aliphatic carbocycles. The van der Waals surface area contributed by atoms with Crippen LogP contribution in [0.15, 0.2) is 164 Å². The second-order valence-corrected chi connectivity index (χ2v) is 12.1. The third-order valence-corrected chi connectivity index (χ3v) is 9.03. The number of aromatic nitrogens is 3. The van der Waals surface area contributed by atoms with E-state index in [4.69, 9.17) is 14.7 Å². The molecule has 0 bridgehead atoms. The molecule has 1 aliphatic heterocycles. The number of hydrogen-bond donors (Lipinski definition) is 0. The molecule has 0 saturated carbocycles. The number of fused-ring (bicyclic) bond motifs is 8. The van der Waals surface area contributed by atoms with Crippen LogP contribution < -0.4 is 4.74 Å². The molecular weight excluding hydrogens is 599 g/mol. The number of ether oxygens (including phenoxy) is 1. The zero-order valence-electron chi connectivity index (χ0n) is 26.5. The van der Waals surface area contributed by atoms with E-state index in [1.165, 1.54) is 0 Å². The van der Waals surface area contributed by atoms with Crippen molar-refractivity contribution in [2.24, 2.45) is 0 Å². The Hall–Kier alpha value is -6.65.